The summed E-state index contributed by atoms with van der Waals surface area (Å²) >= 11 is 0. The SMILES string of the molecule is CCOC(=O)C1(C)CCN1.CCOC(=O)C1(C)CCN1C(=O)OC(C)(C)C. The predicted molar refractivity (Wildman–Crippen MR) is 100 cm³/mol. The summed E-state index contributed by atoms with van der Waals surface area (Å²) in [6, 6.07) is 0. The van der Waals surface area contributed by atoms with Gasteiger partial charge in [0.05, 0.1) is 13.2 Å². The summed E-state index contributed by atoms with van der Waals surface area (Å²) in [5, 5.41) is 3.03. The van der Waals surface area contributed by atoms with E-state index in [1.165, 1.54) is 4.90 Å². The van der Waals surface area contributed by atoms with Gasteiger partial charge in [-0.05, 0) is 67.9 Å². The first-order chi connectivity index (χ1) is 12.4. The van der Waals surface area contributed by atoms with Crippen LogP contribution in [0.25, 0.3) is 0 Å². The largest absolute Gasteiger partial charge is 0.465 e. The van der Waals surface area contributed by atoms with Crippen molar-refractivity contribution in [2.24, 2.45) is 0 Å². The Kier molecular flexibility index (Phi) is 7.66. The summed E-state index contributed by atoms with van der Waals surface area (Å²) < 4.78 is 15.1. The van der Waals surface area contributed by atoms with Crippen LogP contribution in [0.3, 0.4) is 0 Å². The van der Waals surface area contributed by atoms with Gasteiger partial charge in [-0.25, -0.2) is 9.59 Å². The highest BCUT2D eigenvalue weighted by Gasteiger charge is 2.52. The van der Waals surface area contributed by atoms with E-state index in [4.69, 9.17) is 14.2 Å². The molecule has 1 amide bonds. The van der Waals surface area contributed by atoms with E-state index in [0.29, 0.717) is 26.2 Å². The second-order valence-corrected chi connectivity index (χ2v) is 8.11. The summed E-state index contributed by atoms with van der Waals surface area (Å²) in [5.41, 5.74) is -1.80. The number of carbonyl (C=O) groups is 3. The van der Waals surface area contributed by atoms with Crippen molar-refractivity contribution < 1.29 is 28.6 Å². The van der Waals surface area contributed by atoms with E-state index >= 15 is 0 Å². The van der Waals surface area contributed by atoms with Crippen LogP contribution in [0.1, 0.15) is 61.3 Å². The number of nitrogens with zero attached hydrogens (tertiary/aromatic N) is 1. The Hall–Kier alpha value is -1.83. The lowest BCUT2D eigenvalue weighted by Crippen LogP contribution is -2.65. The fourth-order valence-corrected chi connectivity index (χ4v) is 2.63. The molecule has 2 rings (SSSR count). The van der Waals surface area contributed by atoms with Crippen molar-refractivity contribution in [3.8, 4) is 0 Å². The van der Waals surface area contributed by atoms with E-state index in [-0.39, 0.29) is 17.5 Å². The van der Waals surface area contributed by atoms with Crippen LogP contribution in [0.2, 0.25) is 0 Å². The minimum absolute atomic E-state index is 0.124. The van der Waals surface area contributed by atoms with Crippen molar-refractivity contribution >= 4 is 18.0 Å². The quantitative estimate of drug-likeness (QED) is 0.585. The molecule has 0 spiro atoms. The standard InChI is InChI=1S/C12H21NO4.C7H13NO2/c1-6-16-9(14)12(5)7-8-13(12)10(15)17-11(2,3)4;1-3-10-6(9)7(2)4-5-8-7/h6-8H2,1-5H3;8H,3-5H2,1-2H3. The lowest BCUT2D eigenvalue weighted by molar-refractivity contribution is -0.164. The summed E-state index contributed by atoms with van der Waals surface area (Å²) in [4.78, 5) is 36.1. The molecule has 8 nitrogen and oxygen atoms in total. The highest BCUT2D eigenvalue weighted by atomic mass is 16.6. The number of ether oxygens (including phenoxy) is 3. The summed E-state index contributed by atoms with van der Waals surface area (Å²) in [6.45, 7) is 14.8. The molecule has 0 aromatic carbocycles. The molecule has 8 heteroatoms. The average molecular weight is 386 g/mol. The molecule has 0 aromatic heterocycles. The number of rotatable bonds is 4. The Morgan fingerprint density at radius 2 is 1.52 bits per heavy atom. The first kappa shape index (κ1) is 23.2. The number of hydrogen-bond donors (Lipinski definition) is 1. The van der Waals surface area contributed by atoms with Gasteiger partial charge in [0.25, 0.3) is 0 Å². The van der Waals surface area contributed by atoms with Crippen LogP contribution in [0.15, 0.2) is 0 Å². The number of likely N-dealkylation sites (tertiary alicyclic amines) is 1. The van der Waals surface area contributed by atoms with Crippen molar-refractivity contribution in [1.82, 2.24) is 10.2 Å². The molecule has 0 saturated carbocycles. The first-order valence-corrected chi connectivity index (χ1v) is 9.49. The van der Waals surface area contributed by atoms with Crippen LogP contribution in [-0.2, 0) is 23.8 Å². The molecule has 27 heavy (non-hydrogen) atoms. The zero-order valence-corrected chi connectivity index (χ0v) is 17.6. The molecule has 0 radical (unpaired) electrons. The molecule has 0 aromatic rings. The Labute approximate surface area is 161 Å². The van der Waals surface area contributed by atoms with Crippen LogP contribution >= 0.6 is 0 Å². The third kappa shape index (κ3) is 5.82. The van der Waals surface area contributed by atoms with Crippen molar-refractivity contribution in [1.29, 1.82) is 0 Å². The monoisotopic (exact) mass is 386 g/mol. The third-order valence-corrected chi connectivity index (χ3v) is 4.61. The maximum atomic E-state index is 11.9. The van der Waals surface area contributed by atoms with E-state index in [0.717, 1.165) is 13.0 Å². The van der Waals surface area contributed by atoms with Crippen LogP contribution in [0.5, 0.6) is 0 Å². The number of carbonyl (C=O) groups excluding carboxylic acids is 3. The Bertz CT molecular complexity index is 553. The maximum Gasteiger partial charge on any atom is 0.411 e. The number of nitrogens with one attached hydrogen (secondary N) is 1. The second-order valence-electron chi connectivity index (χ2n) is 8.11. The Balaban J connectivity index is 0.000000309. The van der Waals surface area contributed by atoms with E-state index in [9.17, 15) is 14.4 Å². The van der Waals surface area contributed by atoms with Gasteiger partial charge in [0, 0.05) is 6.54 Å². The van der Waals surface area contributed by atoms with Crippen LogP contribution in [0.4, 0.5) is 4.79 Å². The van der Waals surface area contributed by atoms with Gasteiger partial charge in [-0.15, -0.1) is 0 Å². The lowest BCUT2D eigenvalue weighted by Gasteiger charge is -2.47. The second kappa shape index (κ2) is 8.91. The van der Waals surface area contributed by atoms with Gasteiger partial charge in [-0.3, -0.25) is 9.69 Å². The van der Waals surface area contributed by atoms with Gasteiger partial charge in [-0.2, -0.15) is 0 Å². The van der Waals surface area contributed by atoms with Crippen LogP contribution in [0, 0.1) is 0 Å². The fraction of sp³-hybridized carbons (Fsp3) is 0.842. The third-order valence-electron chi connectivity index (χ3n) is 4.61. The van der Waals surface area contributed by atoms with E-state index < -0.39 is 17.2 Å². The van der Waals surface area contributed by atoms with Crippen molar-refractivity contribution in [2.75, 3.05) is 26.3 Å². The normalized spacial score (nSPS) is 26.6. The highest BCUT2D eigenvalue weighted by Crippen LogP contribution is 2.33. The lowest BCUT2D eigenvalue weighted by atomic mass is 9.87. The summed E-state index contributed by atoms with van der Waals surface area (Å²) in [6.07, 6.45) is 1.05. The van der Waals surface area contributed by atoms with E-state index in [2.05, 4.69) is 5.32 Å². The summed E-state index contributed by atoms with van der Waals surface area (Å²) in [7, 11) is 0. The molecule has 2 aliphatic heterocycles. The van der Waals surface area contributed by atoms with Gasteiger partial charge < -0.3 is 19.5 Å². The molecule has 2 unspecified atom stereocenters. The molecule has 1 N–H and O–H groups in total. The van der Waals surface area contributed by atoms with Gasteiger partial charge in [0.1, 0.15) is 16.7 Å². The zero-order chi connectivity index (χ0) is 20.9. The minimum atomic E-state index is -0.863. The van der Waals surface area contributed by atoms with Gasteiger partial charge in [0.15, 0.2) is 0 Å². The molecular weight excluding hydrogens is 352 g/mol. The van der Waals surface area contributed by atoms with Crippen LogP contribution < -0.4 is 5.32 Å². The topological polar surface area (TPSA) is 94.2 Å². The van der Waals surface area contributed by atoms with E-state index in [1.54, 1.807) is 34.6 Å². The Morgan fingerprint density at radius 3 is 1.85 bits per heavy atom. The fourth-order valence-electron chi connectivity index (χ4n) is 2.63. The minimum Gasteiger partial charge on any atom is -0.465 e. The van der Waals surface area contributed by atoms with Gasteiger partial charge >= 0.3 is 18.0 Å². The Morgan fingerprint density at radius 1 is 1.00 bits per heavy atom. The van der Waals surface area contributed by atoms with Crippen molar-refractivity contribution in [2.45, 2.75) is 78.0 Å². The first-order valence-electron chi connectivity index (χ1n) is 9.49. The van der Waals surface area contributed by atoms with Crippen molar-refractivity contribution in [3.05, 3.63) is 0 Å². The molecule has 2 saturated heterocycles. The number of amides is 1. The predicted octanol–water partition coefficient (Wildman–Crippen LogP) is 2.25. The number of hydrogen-bond acceptors (Lipinski definition) is 7. The van der Waals surface area contributed by atoms with Crippen molar-refractivity contribution in [3.63, 3.8) is 0 Å². The molecule has 0 aliphatic carbocycles. The highest BCUT2D eigenvalue weighted by molar-refractivity contribution is 5.87. The molecule has 156 valence electrons. The maximum absolute atomic E-state index is 11.9. The molecule has 2 atom stereocenters. The molecular formula is C19H34N2O6. The molecule has 2 fully saturated rings. The summed E-state index contributed by atoms with van der Waals surface area (Å²) in [5.74, 6) is -0.488. The van der Waals surface area contributed by atoms with Crippen LogP contribution in [-0.4, -0.2) is 65.9 Å². The molecule has 2 heterocycles. The zero-order valence-electron chi connectivity index (χ0n) is 17.6. The smallest absolute Gasteiger partial charge is 0.411 e. The van der Waals surface area contributed by atoms with E-state index in [1.807, 2.05) is 13.8 Å². The number of esters is 2. The van der Waals surface area contributed by atoms with Gasteiger partial charge in [0.2, 0.25) is 0 Å². The average Bonchev–Trinajstić information content (AvgIpc) is 2.49. The van der Waals surface area contributed by atoms with Gasteiger partial charge in [-0.1, -0.05) is 0 Å². The molecule has 0 bridgehead atoms. The molecule has 2 aliphatic rings.